The number of hydrogen-bond donors (Lipinski definition) is 1. The Kier molecular flexibility index (Phi) is 3.28. The van der Waals surface area contributed by atoms with E-state index in [0.29, 0.717) is 27.1 Å². The Labute approximate surface area is 130 Å². The SMILES string of the molecule is Cc1cccc(-n2c(=S)[nH]c3cc(Cl)c(F)cc32)c1C#N. The van der Waals surface area contributed by atoms with Crippen LogP contribution in [0, 0.1) is 28.8 Å². The molecule has 1 heterocycles. The van der Waals surface area contributed by atoms with Gasteiger partial charge in [0.1, 0.15) is 11.9 Å². The van der Waals surface area contributed by atoms with Crippen molar-refractivity contribution in [2.75, 3.05) is 0 Å². The predicted molar refractivity (Wildman–Crippen MR) is 82.9 cm³/mol. The first kappa shape index (κ1) is 13.8. The number of aromatic nitrogens is 2. The van der Waals surface area contributed by atoms with Crippen LogP contribution in [-0.2, 0) is 0 Å². The highest BCUT2D eigenvalue weighted by molar-refractivity contribution is 7.71. The molecule has 6 heteroatoms. The zero-order valence-electron chi connectivity index (χ0n) is 10.9. The van der Waals surface area contributed by atoms with Gasteiger partial charge in [-0.05, 0) is 36.8 Å². The number of rotatable bonds is 1. The van der Waals surface area contributed by atoms with Crippen LogP contribution in [0.3, 0.4) is 0 Å². The number of nitriles is 1. The van der Waals surface area contributed by atoms with Gasteiger partial charge in [-0.15, -0.1) is 0 Å². The van der Waals surface area contributed by atoms with Crippen LogP contribution >= 0.6 is 23.8 Å². The second-order valence-electron chi connectivity index (χ2n) is 4.63. The van der Waals surface area contributed by atoms with Crippen molar-refractivity contribution in [3.05, 3.63) is 57.1 Å². The molecule has 0 atom stereocenters. The summed E-state index contributed by atoms with van der Waals surface area (Å²) in [6.07, 6.45) is 0. The molecule has 1 N–H and O–H groups in total. The lowest BCUT2D eigenvalue weighted by Gasteiger charge is -2.09. The summed E-state index contributed by atoms with van der Waals surface area (Å²) >= 11 is 11.1. The number of fused-ring (bicyclic) bond motifs is 1. The first-order chi connectivity index (χ1) is 10.0. The molecule has 3 nitrogen and oxygen atoms in total. The van der Waals surface area contributed by atoms with E-state index in [9.17, 15) is 9.65 Å². The number of nitrogens with one attached hydrogen (secondary N) is 1. The molecule has 0 radical (unpaired) electrons. The van der Waals surface area contributed by atoms with Crippen molar-refractivity contribution in [1.82, 2.24) is 9.55 Å². The summed E-state index contributed by atoms with van der Waals surface area (Å²) in [5.74, 6) is -0.530. The normalized spacial score (nSPS) is 10.8. The fourth-order valence-electron chi connectivity index (χ4n) is 2.33. The molecule has 0 amide bonds. The molecule has 0 saturated carbocycles. The molecule has 104 valence electrons. The topological polar surface area (TPSA) is 44.5 Å². The van der Waals surface area contributed by atoms with Crippen LogP contribution in [0.25, 0.3) is 16.7 Å². The van der Waals surface area contributed by atoms with Gasteiger partial charge in [-0.25, -0.2) is 4.39 Å². The number of nitrogens with zero attached hydrogens (tertiary/aromatic N) is 2. The third kappa shape index (κ3) is 2.13. The van der Waals surface area contributed by atoms with Crippen LogP contribution in [0.2, 0.25) is 5.02 Å². The molecule has 1 aromatic heterocycles. The average Bonchev–Trinajstić information content (AvgIpc) is 2.74. The average molecular weight is 318 g/mol. The fraction of sp³-hybridized carbons (Fsp3) is 0.0667. The molecule has 0 fully saturated rings. The highest BCUT2D eigenvalue weighted by Crippen LogP contribution is 2.27. The summed E-state index contributed by atoms with van der Waals surface area (Å²) in [6, 6.07) is 10.4. The van der Waals surface area contributed by atoms with Gasteiger partial charge in [-0.3, -0.25) is 4.57 Å². The first-order valence-corrected chi connectivity index (χ1v) is 6.91. The molecule has 0 aliphatic carbocycles. The Morgan fingerprint density at radius 3 is 2.86 bits per heavy atom. The van der Waals surface area contributed by atoms with E-state index in [1.54, 1.807) is 10.6 Å². The molecule has 0 aliphatic rings. The summed E-state index contributed by atoms with van der Waals surface area (Å²) in [6.45, 7) is 1.85. The Morgan fingerprint density at radius 2 is 2.14 bits per heavy atom. The van der Waals surface area contributed by atoms with Gasteiger partial charge in [0.2, 0.25) is 0 Å². The second kappa shape index (κ2) is 4.99. The summed E-state index contributed by atoms with van der Waals surface area (Å²) < 4.78 is 15.8. The minimum Gasteiger partial charge on any atom is -0.330 e. The lowest BCUT2D eigenvalue weighted by Crippen LogP contribution is -1.99. The van der Waals surface area contributed by atoms with E-state index in [-0.39, 0.29) is 5.02 Å². The van der Waals surface area contributed by atoms with Gasteiger partial charge in [-0.2, -0.15) is 5.26 Å². The van der Waals surface area contributed by atoms with E-state index < -0.39 is 5.82 Å². The number of aromatic amines is 1. The molecule has 3 aromatic rings. The number of H-pyrrole nitrogens is 1. The Morgan fingerprint density at radius 1 is 1.38 bits per heavy atom. The van der Waals surface area contributed by atoms with Crippen molar-refractivity contribution < 1.29 is 4.39 Å². The van der Waals surface area contributed by atoms with E-state index in [2.05, 4.69) is 11.1 Å². The summed E-state index contributed by atoms with van der Waals surface area (Å²) in [4.78, 5) is 2.98. The molecule has 2 aromatic carbocycles. The lowest BCUT2D eigenvalue weighted by molar-refractivity contribution is 0.629. The van der Waals surface area contributed by atoms with Crippen molar-refractivity contribution in [1.29, 1.82) is 5.26 Å². The molecule has 0 unspecified atom stereocenters. The zero-order chi connectivity index (χ0) is 15.1. The van der Waals surface area contributed by atoms with Gasteiger partial charge in [0.05, 0.1) is 27.3 Å². The van der Waals surface area contributed by atoms with Gasteiger partial charge >= 0.3 is 0 Å². The van der Waals surface area contributed by atoms with E-state index in [1.807, 2.05) is 19.1 Å². The second-order valence-corrected chi connectivity index (χ2v) is 5.42. The fourth-order valence-corrected chi connectivity index (χ4v) is 2.80. The molecule has 0 spiro atoms. The van der Waals surface area contributed by atoms with E-state index in [0.717, 1.165) is 5.56 Å². The number of aryl methyl sites for hydroxylation is 1. The number of hydrogen-bond acceptors (Lipinski definition) is 2. The molecule has 3 rings (SSSR count). The van der Waals surface area contributed by atoms with Crippen LogP contribution in [0.1, 0.15) is 11.1 Å². The van der Waals surface area contributed by atoms with Gasteiger partial charge in [0.25, 0.3) is 0 Å². The third-order valence-corrected chi connectivity index (χ3v) is 3.90. The van der Waals surface area contributed by atoms with Crippen LogP contribution in [0.15, 0.2) is 30.3 Å². The van der Waals surface area contributed by atoms with Gasteiger partial charge < -0.3 is 4.98 Å². The van der Waals surface area contributed by atoms with Crippen LogP contribution < -0.4 is 0 Å². The number of imidazole rings is 1. The van der Waals surface area contributed by atoms with Crippen LogP contribution in [0.5, 0.6) is 0 Å². The minimum absolute atomic E-state index is 0.0237. The van der Waals surface area contributed by atoms with Gasteiger partial charge in [-0.1, -0.05) is 23.7 Å². The van der Waals surface area contributed by atoms with Gasteiger partial charge in [0, 0.05) is 6.07 Å². The van der Waals surface area contributed by atoms with E-state index >= 15 is 0 Å². The maximum Gasteiger partial charge on any atom is 0.182 e. The molecule has 21 heavy (non-hydrogen) atoms. The molecule has 0 bridgehead atoms. The largest absolute Gasteiger partial charge is 0.330 e. The quantitative estimate of drug-likeness (QED) is 0.663. The highest BCUT2D eigenvalue weighted by Gasteiger charge is 2.14. The smallest absolute Gasteiger partial charge is 0.182 e. The minimum atomic E-state index is -0.530. The predicted octanol–water partition coefficient (Wildman–Crippen LogP) is 4.66. The van der Waals surface area contributed by atoms with Crippen molar-refractivity contribution >= 4 is 34.9 Å². The molecular formula is C15H9ClFN3S. The van der Waals surface area contributed by atoms with Crippen molar-refractivity contribution in [3.8, 4) is 11.8 Å². The van der Waals surface area contributed by atoms with Crippen LogP contribution in [0.4, 0.5) is 4.39 Å². The first-order valence-electron chi connectivity index (χ1n) is 6.13. The highest BCUT2D eigenvalue weighted by atomic mass is 35.5. The standard InChI is InChI=1S/C15H9ClFN3S/c1-8-3-2-4-13(9(8)7-18)20-14-6-11(17)10(16)5-12(14)19-15(20)21/h2-6H,1H3,(H,19,21). The monoisotopic (exact) mass is 317 g/mol. The summed E-state index contributed by atoms with van der Waals surface area (Å²) in [5.41, 5.74) is 3.13. The van der Waals surface area contributed by atoms with E-state index in [4.69, 9.17) is 23.8 Å². The molecule has 0 aliphatic heterocycles. The number of benzene rings is 2. The lowest BCUT2D eigenvalue weighted by atomic mass is 10.1. The maximum absolute atomic E-state index is 13.8. The molecular weight excluding hydrogens is 309 g/mol. The Hall–Kier alpha value is -2.16. The zero-order valence-corrected chi connectivity index (χ0v) is 12.5. The summed E-state index contributed by atoms with van der Waals surface area (Å²) in [7, 11) is 0. The van der Waals surface area contributed by atoms with Gasteiger partial charge in [0.15, 0.2) is 4.77 Å². The van der Waals surface area contributed by atoms with Crippen LogP contribution in [-0.4, -0.2) is 9.55 Å². The Balaban J connectivity index is 2.44. The van der Waals surface area contributed by atoms with Crippen molar-refractivity contribution in [2.45, 2.75) is 6.92 Å². The summed E-state index contributed by atoms with van der Waals surface area (Å²) in [5, 5.41) is 9.38. The molecule has 0 saturated heterocycles. The van der Waals surface area contributed by atoms with Crippen molar-refractivity contribution in [3.63, 3.8) is 0 Å². The number of halogens is 2. The van der Waals surface area contributed by atoms with E-state index in [1.165, 1.54) is 12.1 Å². The Bertz CT molecular complexity index is 965. The maximum atomic E-state index is 13.8. The van der Waals surface area contributed by atoms with Crippen molar-refractivity contribution in [2.24, 2.45) is 0 Å². The third-order valence-electron chi connectivity index (χ3n) is 3.33.